The Bertz CT molecular complexity index is 660. The normalized spacial score (nSPS) is 10.3. The van der Waals surface area contributed by atoms with Gasteiger partial charge in [-0.3, -0.25) is 9.59 Å². The number of carbonyl (C=O) groups excluding carboxylic acids is 2. The van der Waals surface area contributed by atoms with E-state index in [1.54, 1.807) is 6.07 Å². The van der Waals surface area contributed by atoms with E-state index in [0.29, 0.717) is 17.5 Å². The molecular formula is C19H21NO2. The van der Waals surface area contributed by atoms with E-state index in [0.717, 1.165) is 42.5 Å². The second-order valence-electron chi connectivity index (χ2n) is 5.17. The highest BCUT2D eigenvalue weighted by atomic mass is 16.1. The summed E-state index contributed by atoms with van der Waals surface area (Å²) in [6.45, 7) is 6.06. The lowest BCUT2D eigenvalue weighted by molar-refractivity contribution is 0.111. The van der Waals surface area contributed by atoms with Crippen LogP contribution in [0.4, 0.5) is 5.69 Å². The fourth-order valence-electron chi connectivity index (χ4n) is 2.66. The molecule has 2 aromatic rings. The van der Waals surface area contributed by atoms with Crippen molar-refractivity contribution in [1.29, 1.82) is 0 Å². The van der Waals surface area contributed by atoms with Crippen molar-refractivity contribution in [3.8, 4) is 0 Å². The molecule has 0 N–H and O–H groups in total. The molecule has 0 spiro atoms. The average molecular weight is 295 g/mol. The van der Waals surface area contributed by atoms with Gasteiger partial charge >= 0.3 is 0 Å². The maximum atomic E-state index is 11.3. The van der Waals surface area contributed by atoms with Gasteiger partial charge in [-0.15, -0.1) is 0 Å². The third-order valence-corrected chi connectivity index (χ3v) is 3.95. The quantitative estimate of drug-likeness (QED) is 0.730. The molecule has 0 atom stereocenters. The van der Waals surface area contributed by atoms with Crippen molar-refractivity contribution in [1.82, 2.24) is 0 Å². The Hall–Kier alpha value is -2.42. The lowest BCUT2D eigenvalue weighted by atomic mass is 9.96. The first kappa shape index (κ1) is 16.0. The minimum absolute atomic E-state index is 0.581. The Balaban J connectivity index is 2.42. The first-order valence-electron chi connectivity index (χ1n) is 7.59. The van der Waals surface area contributed by atoms with Gasteiger partial charge in [-0.25, -0.2) is 0 Å². The highest BCUT2D eigenvalue weighted by Gasteiger charge is 2.10. The smallest absolute Gasteiger partial charge is 0.150 e. The lowest BCUT2D eigenvalue weighted by Gasteiger charge is -2.22. The molecule has 0 aliphatic rings. The van der Waals surface area contributed by atoms with Crippen LogP contribution in [-0.4, -0.2) is 25.7 Å². The van der Waals surface area contributed by atoms with Crippen LogP contribution >= 0.6 is 0 Å². The van der Waals surface area contributed by atoms with Gasteiger partial charge in [-0.1, -0.05) is 24.3 Å². The molecule has 114 valence electrons. The Labute approximate surface area is 131 Å². The average Bonchev–Trinajstić information content (AvgIpc) is 2.57. The molecule has 0 aliphatic heterocycles. The van der Waals surface area contributed by atoms with E-state index in [-0.39, 0.29) is 0 Å². The molecule has 0 radical (unpaired) electrons. The van der Waals surface area contributed by atoms with Gasteiger partial charge in [0.15, 0.2) is 0 Å². The van der Waals surface area contributed by atoms with E-state index < -0.39 is 0 Å². The van der Waals surface area contributed by atoms with E-state index in [4.69, 9.17) is 0 Å². The molecule has 0 unspecified atom stereocenters. The maximum absolute atomic E-state index is 11.3. The van der Waals surface area contributed by atoms with Crippen LogP contribution in [0.25, 0.3) is 0 Å². The third-order valence-electron chi connectivity index (χ3n) is 3.95. The van der Waals surface area contributed by atoms with Crippen molar-refractivity contribution in [2.75, 3.05) is 18.0 Å². The van der Waals surface area contributed by atoms with Gasteiger partial charge in [-0.05, 0) is 49.6 Å². The Morgan fingerprint density at radius 1 is 0.864 bits per heavy atom. The molecule has 3 heteroatoms. The van der Waals surface area contributed by atoms with Crippen molar-refractivity contribution < 1.29 is 9.59 Å². The van der Waals surface area contributed by atoms with Gasteiger partial charge in [-0.2, -0.15) is 0 Å². The summed E-state index contributed by atoms with van der Waals surface area (Å²) in [4.78, 5) is 24.7. The molecule has 0 aliphatic carbocycles. The van der Waals surface area contributed by atoms with Crippen molar-refractivity contribution in [3.63, 3.8) is 0 Å². The molecule has 0 bridgehead atoms. The molecule has 3 nitrogen and oxygen atoms in total. The molecule has 0 fully saturated rings. The highest BCUT2D eigenvalue weighted by molar-refractivity contribution is 5.80. The fourth-order valence-corrected chi connectivity index (χ4v) is 2.66. The van der Waals surface area contributed by atoms with Gasteiger partial charge in [0, 0.05) is 29.9 Å². The number of hydrogen-bond acceptors (Lipinski definition) is 3. The van der Waals surface area contributed by atoms with Crippen LogP contribution in [0.15, 0.2) is 42.5 Å². The topological polar surface area (TPSA) is 37.4 Å². The summed E-state index contributed by atoms with van der Waals surface area (Å²) in [5.74, 6) is 0. The highest BCUT2D eigenvalue weighted by Crippen LogP contribution is 2.22. The van der Waals surface area contributed by atoms with Gasteiger partial charge in [0.05, 0.1) is 0 Å². The predicted molar refractivity (Wildman–Crippen MR) is 90.0 cm³/mol. The van der Waals surface area contributed by atoms with E-state index >= 15 is 0 Å². The number of anilines is 1. The first-order valence-corrected chi connectivity index (χ1v) is 7.59. The number of rotatable bonds is 7. The molecule has 2 aromatic carbocycles. The summed E-state index contributed by atoms with van der Waals surface area (Å²) in [5.41, 5.74) is 4.35. The number of aldehydes is 2. The van der Waals surface area contributed by atoms with E-state index in [1.165, 1.54) is 0 Å². The van der Waals surface area contributed by atoms with Crippen molar-refractivity contribution >= 4 is 18.3 Å². The third kappa shape index (κ3) is 3.42. The largest absolute Gasteiger partial charge is 0.372 e. The second-order valence-corrected chi connectivity index (χ2v) is 5.17. The van der Waals surface area contributed by atoms with Crippen LogP contribution in [0.5, 0.6) is 0 Å². The molecule has 0 saturated carbocycles. The van der Waals surface area contributed by atoms with Crippen molar-refractivity contribution in [3.05, 3.63) is 64.7 Å². The number of hydrogen-bond donors (Lipinski definition) is 0. The molecule has 2 rings (SSSR count). The molecule has 0 saturated heterocycles. The molecule has 0 aromatic heterocycles. The summed E-state index contributed by atoms with van der Waals surface area (Å²) in [5, 5.41) is 0. The zero-order chi connectivity index (χ0) is 15.9. The number of carbonyl (C=O) groups is 2. The molecule has 22 heavy (non-hydrogen) atoms. The van der Waals surface area contributed by atoms with E-state index in [9.17, 15) is 9.59 Å². The summed E-state index contributed by atoms with van der Waals surface area (Å²) in [6.07, 6.45) is 2.33. The summed E-state index contributed by atoms with van der Waals surface area (Å²) < 4.78 is 0. The standard InChI is InChI=1S/C19H21NO2/c1-3-20(4-2)19-10-9-17(14-22)18(12-19)11-15-7-5-6-8-16(15)13-21/h5-10,12-14H,3-4,11H2,1-2H3. The number of nitrogens with zero attached hydrogens (tertiary/aromatic N) is 1. The van der Waals surface area contributed by atoms with Gasteiger partial charge in [0.25, 0.3) is 0 Å². The van der Waals surface area contributed by atoms with Crippen LogP contribution in [0, 0.1) is 0 Å². The van der Waals surface area contributed by atoms with Gasteiger partial charge < -0.3 is 4.90 Å². The maximum Gasteiger partial charge on any atom is 0.150 e. The number of benzene rings is 2. The van der Waals surface area contributed by atoms with Crippen LogP contribution in [0.2, 0.25) is 0 Å². The molecule has 0 heterocycles. The zero-order valence-electron chi connectivity index (χ0n) is 13.1. The minimum atomic E-state index is 0.581. The Morgan fingerprint density at radius 2 is 1.50 bits per heavy atom. The van der Waals surface area contributed by atoms with Gasteiger partial charge in [0.2, 0.25) is 0 Å². The SMILES string of the molecule is CCN(CC)c1ccc(C=O)c(Cc2ccccc2C=O)c1. The van der Waals surface area contributed by atoms with Crippen molar-refractivity contribution in [2.24, 2.45) is 0 Å². The predicted octanol–water partition coefficient (Wildman–Crippen LogP) is 3.75. The first-order chi connectivity index (χ1) is 10.7. The Morgan fingerprint density at radius 3 is 2.14 bits per heavy atom. The van der Waals surface area contributed by atoms with E-state index in [2.05, 4.69) is 24.8 Å². The van der Waals surface area contributed by atoms with Crippen molar-refractivity contribution in [2.45, 2.75) is 20.3 Å². The fraction of sp³-hybridized carbons (Fsp3) is 0.263. The monoisotopic (exact) mass is 295 g/mol. The van der Waals surface area contributed by atoms with Crippen LogP contribution in [0.3, 0.4) is 0 Å². The summed E-state index contributed by atoms with van der Waals surface area (Å²) in [6, 6.07) is 13.4. The van der Waals surface area contributed by atoms with Crippen LogP contribution < -0.4 is 4.90 Å². The Kier molecular flexibility index (Phi) is 5.48. The summed E-state index contributed by atoms with van der Waals surface area (Å²) >= 11 is 0. The second kappa shape index (κ2) is 7.55. The van der Waals surface area contributed by atoms with E-state index in [1.807, 2.05) is 30.3 Å². The lowest BCUT2D eigenvalue weighted by Crippen LogP contribution is -2.22. The summed E-state index contributed by atoms with van der Waals surface area (Å²) in [7, 11) is 0. The van der Waals surface area contributed by atoms with Gasteiger partial charge in [0.1, 0.15) is 12.6 Å². The zero-order valence-corrected chi connectivity index (χ0v) is 13.1. The molecular weight excluding hydrogens is 274 g/mol. The van der Waals surface area contributed by atoms with Crippen LogP contribution in [-0.2, 0) is 6.42 Å². The molecule has 0 amide bonds. The van der Waals surface area contributed by atoms with Crippen LogP contribution in [0.1, 0.15) is 45.7 Å². The minimum Gasteiger partial charge on any atom is -0.372 e.